The van der Waals surface area contributed by atoms with E-state index in [-0.39, 0.29) is 6.41 Å². The van der Waals surface area contributed by atoms with E-state index in [1.54, 1.807) is 0 Å². The number of hydrogen-bond acceptors (Lipinski definition) is 6. The summed E-state index contributed by atoms with van der Waals surface area (Å²) in [4.78, 5) is 18.8. The van der Waals surface area contributed by atoms with E-state index in [0.717, 1.165) is 27.9 Å². The predicted molar refractivity (Wildman–Crippen MR) is 119 cm³/mol. The van der Waals surface area contributed by atoms with Gasteiger partial charge in [-0.25, -0.2) is 0 Å². The summed E-state index contributed by atoms with van der Waals surface area (Å²) in [5.41, 5.74) is 12.9. The lowest BCUT2D eigenvalue weighted by molar-refractivity contribution is -0.108. The third-order valence-corrected chi connectivity index (χ3v) is 4.03. The first-order chi connectivity index (χ1) is 14.0. The van der Waals surface area contributed by atoms with Gasteiger partial charge in [-0.05, 0) is 30.3 Å². The second-order valence-corrected chi connectivity index (χ2v) is 6.06. The molecule has 1 amide bonds. The first-order valence-electron chi connectivity index (χ1n) is 8.72. The summed E-state index contributed by atoms with van der Waals surface area (Å²) in [5.74, 6) is 0.584. The molecule has 0 aliphatic rings. The Balaban J connectivity index is 0.000000294. The Morgan fingerprint density at radius 2 is 1.76 bits per heavy atom. The number of benzene rings is 2. The number of nitrogens with zero attached hydrogens (tertiary/aromatic N) is 3. The van der Waals surface area contributed by atoms with Crippen LogP contribution in [0.4, 0.5) is 17.2 Å². The van der Waals surface area contributed by atoms with Crippen molar-refractivity contribution in [3.63, 3.8) is 0 Å². The summed E-state index contributed by atoms with van der Waals surface area (Å²) in [7, 11) is 3.77. The van der Waals surface area contributed by atoms with E-state index < -0.39 is 0 Å². The van der Waals surface area contributed by atoms with Crippen molar-refractivity contribution in [2.24, 2.45) is 23.0 Å². The van der Waals surface area contributed by atoms with Gasteiger partial charge in [0.2, 0.25) is 6.41 Å². The molecule has 5 N–H and O–H groups in total. The molecule has 0 unspecified atom stereocenters. The Hall–Kier alpha value is -3.39. The molecule has 0 spiro atoms. The second kappa shape index (κ2) is 12.9. The molecule has 2 aromatic carbocycles. The van der Waals surface area contributed by atoms with E-state index >= 15 is 0 Å². The highest BCUT2D eigenvalue weighted by Gasteiger charge is 2.11. The molecule has 8 nitrogen and oxygen atoms in total. The van der Waals surface area contributed by atoms with Gasteiger partial charge < -0.3 is 26.1 Å². The molecule has 9 heteroatoms. The van der Waals surface area contributed by atoms with Gasteiger partial charge in [0.25, 0.3) is 0 Å². The number of aromatic nitrogens is 1. The number of azo groups is 1. The lowest BCUT2D eigenvalue weighted by atomic mass is 10.2. The lowest BCUT2D eigenvalue weighted by Gasteiger charge is -1.96. The number of carbonyl (C=O) groups excluding carboxylic acids is 2. The molecule has 0 bridgehead atoms. The minimum atomic E-state index is 0.250. The first kappa shape index (κ1) is 23.6. The van der Waals surface area contributed by atoms with Crippen molar-refractivity contribution < 1.29 is 9.59 Å². The molecule has 0 saturated heterocycles. The number of aryl methyl sites for hydroxylation is 1. The van der Waals surface area contributed by atoms with Gasteiger partial charge >= 0.3 is 0 Å². The van der Waals surface area contributed by atoms with Crippen LogP contribution in [0.25, 0.3) is 10.9 Å². The zero-order valence-corrected chi connectivity index (χ0v) is 17.1. The molecule has 1 heterocycles. The van der Waals surface area contributed by atoms with Crippen LogP contribution in [0.5, 0.6) is 0 Å². The number of anilines is 2. The minimum absolute atomic E-state index is 0.250. The molecule has 0 saturated carbocycles. The third-order valence-electron chi connectivity index (χ3n) is 3.78. The molecule has 3 aromatic rings. The Bertz CT molecular complexity index is 938. The highest BCUT2D eigenvalue weighted by Crippen LogP contribution is 2.34. The molecular weight excluding hydrogens is 392 g/mol. The van der Waals surface area contributed by atoms with Crippen molar-refractivity contribution in [3.05, 3.63) is 53.6 Å². The standard InChI is InChI=1S/C12H14N4O.C7H8ClN.CH3NO/c1-16-10-6-3-2-5-9(10)11(12(16)13)15-14-7-4-8-17;1-9-7-4-2-6(8)3-5-7;2-1-3/h2-3,5-6,8H,4,7,13H2,1H3;2-5,9H,1H3;1H,(H2,2,3). The first-order valence-corrected chi connectivity index (χ1v) is 9.10. The van der Waals surface area contributed by atoms with Crippen LogP contribution < -0.4 is 16.8 Å². The summed E-state index contributed by atoms with van der Waals surface area (Å²) in [5, 5.41) is 12.8. The molecule has 0 aliphatic carbocycles. The quantitative estimate of drug-likeness (QED) is 0.330. The molecule has 29 heavy (non-hydrogen) atoms. The smallest absolute Gasteiger partial charge is 0.204 e. The maximum atomic E-state index is 10.2. The Morgan fingerprint density at radius 3 is 2.34 bits per heavy atom. The molecular formula is C20H25ClN6O2. The number of nitrogens with one attached hydrogen (secondary N) is 1. The predicted octanol–water partition coefficient (Wildman–Crippen LogP) is 3.92. The van der Waals surface area contributed by atoms with Crippen LogP contribution >= 0.6 is 11.6 Å². The van der Waals surface area contributed by atoms with E-state index in [4.69, 9.17) is 22.1 Å². The van der Waals surface area contributed by atoms with Crippen LogP contribution in [0.15, 0.2) is 58.8 Å². The summed E-state index contributed by atoms with van der Waals surface area (Å²) < 4.78 is 1.88. The normalized spacial score (nSPS) is 9.90. The van der Waals surface area contributed by atoms with E-state index in [0.29, 0.717) is 24.5 Å². The van der Waals surface area contributed by atoms with Crippen LogP contribution in [-0.2, 0) is 16.6 Å². The topological polar surface area (TPSA) is 128 Å². The van der Waals surface area contributed by atoms with Gasteiger partial charge in [-0.2, -0.15) is 10.2 Å². The van der Waals surface area contributed by atoms with E-state index in [1.165, 1.54) is 0 Å². The Labute approximate surface area is 174 Å². The number of aldehydes is 1. The van der Waals surface area contributed by atoms with Crippen LogP contribution in [0, 0.1) is 0 Å². The van der Waals surface area contributed by atoms with Crippen molar-refractivity contribution in [3.8, 4) is 0 Å². The Kier molecular flexibility index (Phi) is 10.5. The number of nitrogen functional groups attached to an aromatic ring is 1. The molecule has 1 aromatic heterocycles. The summed E-state index contributed by atoms with van der Waals surface area (Å²) in [6.45, 7) is 0.395. The number of amides is 1. The van der Waals surface area contributed by atoms with Crippen molar-refractivity contribution in [2.75, 3.05) is 24.6 Å². The van der Waals surface area contributed by atoms with Crippen molar-refractivity contribution >= 4 is 52.4 Å². The monoisotopic (exact) mass is 416 g/mol. The number of fused-ring (bicyclic) bond motifs is 1. The minimum Gasteiger partial charge on any atom is -0.388 e. The van der Waals surface area contributed by atoms with Crippen molar-refractivity contribution in [2.45, 2.75) is 6.42 Å². The number of rotatable bonds is 5. The molecule has 0 fully saturated rings. The fourth-order valence-electron chi connectivity index (χ4n) is 2.35. The second-order valence-electron chi connectivity index (χ2n) is 5.62. The third kappa shape index (κ3) is 7.27. The van der Waals surface area contributed by atoms with Crippen LogP contribution in [-0.4, -0.2) is 30.9 Å². The molecule has 154 valence electrons. The largest absolute Gasteiger partial charge is 0.388 e. The van der Waals surface area contributed by atoms with Gasteiger partial charge in [0.05, 0.1) is 12.1 Å². The highest BCUT2D eigenvalue weighted by atomic mass is 35.5. The molecule has 3 rings (SSSR count). The average Bonchev–Trinajstić information content (AvgIpc) is 2.98. The molecule has 0 radical (unpaired) electrons. The fourth-order valence-corrected chi connectivity index (χ4v) is 2.47. The number of primary amides is 1. The van der Waals surface area contributed by atoms with Gasteiger partial charge in [-0.15, -0.1) is 0 Å². The maximum Gasteiger partial charge on any atom is 0.204 e. The number of nitrogens with two attached hydrogens (primary N) is 2. The number of carbonyl (C=O) groups is 2. The molecule has 0 atom stereocenters. The van der Waals surface area contributed by atoms with Crippen molar-refractivity contribution in [1.29, 1.82) is 0 Å². The number of para-hydroxylation sites is 1. The number of hydrogen-bond donors (Lipinski definition) is 3. The number of halogens is 1. The van der Waals surface area contributed by atoms with Crippen LogP contribution in [0.3, 0.4) is 0 Å². The van der Waals surface area contributed by atoms with E-state index in [9.17, 15) is 4.79 Å². The molecule has 0 aliphatic heterocycles. The summed E-state index contributed by atoms with van der Waals surface area (Å²) >= 11 is 5.64. The van der Waals surface area contributed by atoms with E-state index in [2.05, 4.69) is 21.3 Å². The SMILES string of the molecule is CNc1ccc(Cl)cc1.Cn1c(N)c(N=NCCC=O)c2ccccc21.NC=O. The van der Waals surface area contributed by atoms with Gasteiger partial charge in [0, 0.05) is 36.6 Å². The van der Waals surface area contributed by atoms with Crippen LogP contribution in [0.1, 0.15) is 6.42 Å². The van der Waals surface area contributed by atoms with Gasteiger partial charge in [0.15, 0.2) is 0 Å². The van der Waals surface area contributed by atoms with E-state index in [1.807, 2.05) is 67.2 Å². The highest BCUT2D eigenvalue weighted by molar-refractivity contribution is 6.30. The van der Waals surface area contributed by atoms with Crippen LogP contribution in [0.2, 0.25) is 5.02 Å². The zero-order valence-electron chi connectivity index (χ0n) is 16.4. The van der Waals surface area contributed by atoms with Gasteiger partial charge in [-0.3, -0.25) is 4.79 Å². The van der Waals surface area contributed by atoms with Crippen molar-refractivity contribution in [1.82, 2.24) is 4.57 Å². The zero-order chi connectivity index (χ0) is 21.6. The summed E-state index contributed by atoms with van der Waals surface area (Å²) in [6, 6.07) is 15.4. The van der Waals surface area contributed by atoms with Gasteiger partial charge in [-0.1, -0.05) is 29.8 Å². The lowest BCUT2D eigenvalue weighted by Crippen LogP contribution is -1.94. The fraction of sp³-hybridized carbons (Fsp3) is 0.200. The van der Waals surface area contributed by atoms with Gasteiger partial charge in [0.1, 0.15) is 17.8 Å². The summed E-state index contributed by atoms with van der Waals surface area (Å²) in [6.07, 6.45) is 1.46. The Morgan fingerprint density at radius 1 is 1.14 bits per heavy atom. The maximum absolute atomic E-state index is 10.2. The average molecular weight is 417 g/mol.